The number of hydrogen-bond donors (Lipinski definition) is 0. The van der Waals surface area contributed by atoms with Crippen LogP contribution in [-0.4, -0.2) is 65.1 Å². The summed E-state index contributed by atoms with van der Waals surface area (Å²) in [6.45, 7) is 9.83. The highest BCUT2D eigenvalue weighted by Crippen LogP contribution is 2.24. The fraction of sp³-hybridized carbons (Fsp3) is 0.367. The lowest BCUT2D eigenvalue weighted by Crippen LogP contribution is -2.54. The van der Waals surface area contributed by atoms with Crippen molar-refractivity contribution in [2.24, 2.45) is 0 Å². The van der Waals surface area contributed by atoms with Gasteiger partial charge in [0.2, 0.25) is 0 Å². The molecule has 0 spiro atoms. The average Bonchev–Trinajstić information content (AvgIpc) is 2.87. The van der Waals surface area contributed by atoms with Gasteiger partial charge in [-0.25, -0.2) is 13.6 Å². The van der Waals surface area contributed by atoms with Crippen LogP contribution in [0.5, 0.6) is 0 Å². The van der Waals surface area contributed by atoms with E-state index in [1.807, 2.05) is 27.7 Å². The van der Waals surface area contributed by atoms with E-state index in [1.165, 1.54) is 36.3 Å². The van der Waals surface area contributed by atoms with E-state index < -0.39 is 17.3 Å². The molecule has 1 fully saturated rings. The molecular weight excluding hydrogens is 502 g/mol. The zero-order valence-corrected chi connectivity index (χ0v) is 22.9. The third kappa shape index (κ3) is 6.97. The highest BCUT2D eigenvalue weighted by molar-refractivity contribution is 6.05. The first-order valence-corrected chi connectivity index (χ1v) is 12.9. The number of halogens is 2. The number of nitrogens with zero attached hydrogens (tertiary/aromatic N) is 4. The molecule has 2 aromatic carbocycles. The van der Waals surface area contributed by atoms with E-state index in [-0.39, 0.29) is 29.2 Å². The van der Waals surface area contributed by atoms with Crippen LogP contribution >= 0.6 is 0 Å². The number of aromatic nitrogens is 1. The SMILES string of the molecule is C[C@H]1CN(Cc2ccc(N(C)C(=O)c3ccc(-c4cccc(F)c4)nc3)c(F)c2)CCN1C(=O)OC(C)(C)C. The van der Waals surface area contributed by atoms with Crippen LogP contribution < -0.4 is 4.90 Å². The summed E-state index contributed by atoms with van der Waals surface area (Å²) in [6, 6.07) is 14.1. The Balaban J connectivity index is 1.38. The number of hydrogen-bond acceptors (Lipinski definition) is 5. The quantitative estimate of drug-likeness (QED) is 0.416. The topological polar surface area (TPSA) is 66.0 Å². The Hall–Kier alpha value is -3.85. The summed E-state index contributed by atoms with van der Waals surface area (Å²) in [5.41, 5.74) is 1.80. The van der Waals surface area contributed by atoms with Crippen LogP contribution in [0.4, 0.5) is 19.3 Å². The van der Waals surface area contributed by atoms with Crippen LogP contribution in [0.2, 0.25) is 0 Å². The van der Waals surface area contributed by atoms with Gasteiger partial charge in [-0.1, -0.05) is 18.2 Å². The second-order valence-corrected chi connectivity index (χ2v) is 10.9. The number of carbonyl (C=O) groups is 2. The highest BCUT2D eigenvalue weighted by atomic mass is 19.1. The van der Waals surface area contributed by atoms with Gasteiger partial charge in [-0.05, 0) is 69.7 Å². The van der Waals surface area contributed by atoms with E-state index in [2.05, 4.69) is 9.88 Å². The number of pyridine rings is 1. The third-order valence-corrected chi connectivity index (χ3v) is 6.55. The monoisotopic (exact) mass is 536 g/mol. The fourth-order valence-electron chi connectivity index (χ4n) is 4.59. The van der Waals surface area contributed by atoms with Crippen molar-refractivity contribution >= 4 is 17.7 Å². The van der Waals surface area contributed by atoms with Crippen molar-refractivity contribution in [2.75, 3.05) is 31.6 Å². The summed E-state index contributed by atoms with van der Waals surface area (Å²) < 4.78 is 34.1. The molecule has 4 rings (SSSR count). The first-order chi connectivity index (χ1) is 18.4. The van der Waals surface area contributed by atoms with Gasteiger partial charge < -0.3 is 14.5 Å². The van der Waals surface area contributed by atoms with Gasteiger partial charge in [0.15, 0.2) is 0 Å². The number of carbonyl (C=O) groups excluding carboxylic acids is 2. The molecule has 1 aliphatic heterocycles. The molecule has 0 unspecified atom stereocenters. The van der Waals surface area contributed by atoms with E-state index in [1.54, 1.807) is 41.3 Å². The molecule has 1 aromatic heterocycles. The Kier molecular flexibility index (Phi) is 8.30. The van der Waals surface area contributed by atoms with Crippen molar-refractivity contribution in [2.45, 2.75) is 45.9 Å². The van der Waals surface area contributed by atoms with E-state index in [0.717, 1.165) is 5.56 Å². The zero-order chi connectivity index (χ0) is 28.3. The third-order valence-electron chi connectivity index (χ3n) is 6.55. The molecular formula is C30H34F2N4O3. The van der Waals surface area contributed by atoms with E-state index >= 15 is 4.39 Å². The summed E-state index contributed by atoms with van der Waals surface area (Å²) in [7, 11) is 1.51. The van der Waals surface area contributed by atoms with E-state index in [4.69, 9.17) is 4.74 Å². The van der Waals surface area contributed by atoms with Gasteiger partial charge in [0.05, 0.1) is 16.9 Å². The van der Waals surface area contributed by atoms with Crippen LogP contribution in [-0.2, 0) is 11.3 Å². The maximum Gasteiger partial charge on any atom is 0.410 e. The minimum atomic E-state index is -0.551. The van der Waals surface area contributed by atoms with Crippen molar-refractivity contribution in [3.63, 3.8) is 0 Å². The van der Waals surface area contributed by atoms with Gasteiger partial charge in [0, 0.05) is 51.0 Å². The molecule has 1 atom stereocenters. The van der Waals surface area contributed by atoms with Crippen molar-refractivity contribution in [1.82, 2.24) is 14.8 Å². The molecule has 3 aromatic rings. The summed E-state index contributed by atoms with van der Waals surface area (Å²) in [4.78, 5) is 34.9. The number of piperazine rings is 1. The predicted octanol–water partition coefficient (Wildman–Crippen LogP) is 5.74. The number of benzene rings is 2. The number of rotatable bonds is 5. The van der Waals surface area contributed by atoms with Crippen LogP contribution in [0.3, 0.4) is 0 Å². The molecule has 0 radical (unpaired) electrons. The lowest BCUT2D eigenvalue weighted by atomic mass is 10.1. The average molecular weight is 537 g/mol. The molecule has 0 bridgehead atoms. The minimum Gasteiger partial charge on any atom is -0.444 e. The molecule has 9 heteroatoms. The van der Waals surface area contributed by atoms with E-state index in [0.29, 0.717) is 37.4 Å². The predicted molar refractivity (Wildman–Crippen MR) is 146 cm³/mol. The van der Waals surface area contributed by atoms with Gasteiger partial charge in [-0.2, -0.15) is 0 Å². The summed E-state index contributed by atoms with van der Waals surface area (Å²) in [5, 5.41) is 0. The molecule has 0 N–H and O–H groups in total. The van der Waals surface area contributed by atoms with Crippen molar-refractivity contribution in [1.29, 1.82) is 0 Å². The van der Waals surface area contributed by atoms with Crippen molar-refractivity contribution in [3.8, 4) is 11.3 Å². The first kappa shape index (κ1) is 28.2. The Bertz CT molecular complexity index is 1340. The number of anilines is 1. The molecule has 1 saturated heterocycles. The molecule has 2 amide bonds. The fourth-order valence-corrected chi connectivity index (χ4v) is 4.59. The molecule has 0 saturated carbocycles. The zero-order valence-electron chi connectivity index (χ0n) is 22.9. The Morgan fingerprint density at radius 1 is 1.08 bits per heavy atom. The molecule has 1 aliphatic rings. The maximum atomic E-state index is 15.1. The normalized spacial score (nSPS) is 16.2. The molecule has 39 heavy (non-hydrogen) atoms. The second-order valence-electron chi connectivity index (χ2n) is 10.9. The van der Waals surface area contributed by atoms with Gasteiger partial charge in [-0.15, -0.1) is 0 Å². The highest BCUT2D eigenvalue weighted by Gasteiger charge is 2.31. The largest absolute Gasteiger partial charge is 0.444 e. The Morgan fingerprint density at radius 3 is 2.46 bits per heavy atom. The molecule has 206 valence electrons. The first-order valence-electron chi connectivity index (χ1n) is 12.9. The van der Waals surface area contributed by atoms with Crippen molar-refractivity contribution < 1.29 is 23.1 Å². The Morgan fingerprint density at radius 2 is 1.85 bits per heavy atom. The summed E-state index contributed by atoms with van der Waals surface area (Å²) in [6.07, 6.45) is 1.08. The minimum absolute atomic E-state index is 0.0395. The number of amides is 2. The van der Waals surface area contributed by atoms with Gasteiger partial charge >= 0.3 is 6.09 Å². The smallest absolute Gasteiger partial charge is 0.410 e. The Labute approximate surface area is 228 Å². The summed E-state index contributed by atoms with van der Waals surface area (Å²) in [5.74, 6) is -1.29. The van der Waals surface area contributed by atoms with Crippen LogP contribution in [0, 0.1) is 11.6 Å². The molecule has 7 nitrogen and oxygen atoms in total. The van der Waals surface area contributed by atoms with Crippen LogP contribution in [0.1, 0.15) is 43.6 Å². The van der Waals surface area contributed by atoms with E-state index in [9.17, 15) is 14.0 Å². The molecule has 0 aliphatic carbocycles. The van der Waals surface area contributed by atoms with Gasteiger partial charge in [-0.3, -0.25) is 14.7 Å². The van der Waals surface area contributed by atoms with Gasteiger partial charge in [0.25, 0.3) is 5.91 Å². The summed E-state index contributed by atoms with van der Waals surface area (Å²) >= 11 is 0. The standard InChI is InChI=1S/C30H34F2N4O3/c1-20-18-35(13-14-36(20)29(38)39-30(2,3)4)19-21-9-12-27(25(32)15-21)34(5)28(37)23-10-11-26(33-17-23)22-7-6-8-24(31)16-22/h6-12,15-17,20H,13-14,18-19H2,1-5H3/t20-/m0/s1. The van der Waals surface area contributed by atoms with Gasteiger partial charge in [0.1, 0.15) is 17.2 Å². The lowest BCUT2D eigenvalue weighted by molar-refractivity contribution is 0.000547. The van der Waals surface area contributed by atoms with Crippen molar-refractivity contribution in [3.05, 3.63) is 83.6 Å². The second kappa shape index (κ2) is 11.5. The number of ether oxygens (including phenoxy) is 1. The van der Waals surface area contributed by atoms with Crippen LogP contribution in [0.15, 0.2) is 60.8 Å². The molecule has 2 heterocycles. The maximum absolute atomic E-state index is 15.1. The van der Waals surface area contributed by atoms with Crippen LogP contribution in [0.25, 0.3) is 11.3 Å². The lowest BCUT2D eigenvalue weighted by Gasteiger charge is -2.40.